The Labute approximate surface area is 134 Å². The minimum absolute atomic E-state index is 0.650. The number of aryl methyl sites for hydroxylation is 1. The molecule has 1 saturated carbocycles. The highest BCUT2D eigenvalue weighted by Crippen LogP contribution is 2.32. The lowest BCUT2D eigenvalue weighted by Gasteiger charge is -2.34. The Morgan fingerprint density at radius 1 is 1.27 bits per heavy atom. The van der Waals surface area contributed by atoms with Gasteiger partial charge in [-0.3, -0.25) is 9.80 Å². The van der Waals surface area contributed by atoms with Gasteiger partial charge in [0.25, 0.3) is 0 Å². The normalized spacial score (nSPS) is 24.8. The summed E-state index contributed by atoms with van der Waals surface area (Å²) in [5, 5.41) is 4.02. The molecule has 5 heteroatoms. The van der Waals surface area contributed by atoms with Gasteiger partial charge in [0, 0.05) is 25.6 Å². The van der Waals surface area contributed by atoms with Crippen molar-refractivity contribution in [1.82, 2.24) is 19.9 Å². The van der Waals surface area contributed by atoms with E-state index < -0.39 is 0 Å². The van der Waals surface area contributed by atoms with Gasteiger partial charge in [-0.05, 0) is 44.2 Å². The molecule has 2 aliphatic rings. The minimum atomic E-state index is 0.650. The van der Waals surface area contributed by atoms with E-state index in [1.165, 1.54) is 32.4 Å². The Morgan fingerprint density at radius 2 is 2.09 bits per heavy atom. The maximum Gasteiger partial charge on any atom is 0.240 e. The predicted octanol–water partition coefficient (Wildman–Crippen LogP) is 2.57. The lowest BCUT2D eigenvalue weighted by Crippen LogP contribution is -2.45. The molecule has 1 unspecified atom stereocenters. The van der Waals surface area contributed by atoms with E-state index in [0.29, 0.717) is 12.0 Å². The maximum absolute atomic E-state index is 5.38. The summed E-state index contributed by atoms with van der Waals surface area (Å²) in [5.41, 5.74) is 0. The van der Waals surface area contributed by atoms with Crippen molar-refractivity contribution >= 4 is 0 Å². The molecule has 0 aromatic carbocycles. The first-order valence-corrected chi connectivity index (χ1v) is 8.93. The van der Waals surface area contributed by atoms with Gasteiger partial charge in [-0.15, -0.1) is 0 Å². The molecule has 0 spiro atoms. The Balaban J connectivity index is 1.62. The second-order valence-electron chi connectivity index (χ2n) is 7.30. The van der Waals surface area contributed by atoms with E-state index in [1.54, 1.807) is 0 Å². The standard InChI is InChI=1S/C17H30N4O/c1-4-16-18-17(22-19-16)12-20-8-5-9-21(10-14-6-7-14)15(11-20)13(2)3/h13-15H,4-12H2,1-3H3. The third-order valence-electron chi connectivity index (χ3n) is 4.98. The zero-order valence-electron chi connectivity index (χ0n) is 14.3. The molecule has 124 valence electrons. The zero-order chi connectivity index (χ0) is 15.5. The van der Waals surface area contributed by atoms with Crippen LogP contribution in [-0.4, -0.2) is 52.2 Å². The van der Waals surface area contributed by atoms with Gasteiger partial charge in [-0.1, -0.05) is 25.9 Å². The van der Waals surface area contributed by atoms with Gasteiger partial charge in [0.15, 0.2) is 5.82 Å². The smallest absolute Gasteiger partial charge is 0.240 e. The van der Waals surface area contributed by atoms with Crippen LogP contribution in [0.15, 0.2) is 4.52 Å². The van der Waals surface area contributed by atoms with Crippen molar-refractivity contribution in [3.63, 3.8) is 0 Å². The van der Waals surface area contributed by atoms with Gasteiger partial charge in [0.1, 0.15) is 0 Å². The van der Waals surface area contributed by atoms with E-state index in [9.17, 15) is 0 Å². The van der Waals surface area contributed by atoms with Crippen LogP contribution >= 0.6 is 0 Å². The van der Waals surface area contributed by atoms with Crippen LogP contribution in [0.2, 0.25) is 0 Å². The number of hydrogen-bond acceptors (Lipinski definition) is 5. The van der Waals surface area contributed by atoms with Gasteiger partial charge in [0.2, 0.25) is 5.89 Å². The van der Waals surface area contributed by atoms with Crippen LogP contribution in [0.4, 0.5) is 0 Å². The number of rotatable bonds is 6. The molecule has 0 N–H and O–H groups in total. The molecule has 1 aromatic heterocycles. The summed E-state index contributed by atoms with van der Waals surface area (Å²) in [5.74, 6) is 3.25. The summed E-state index contributed by atoms with van der Waals surface area (Å²) in [6.45, 7) is 12.4. The van der Waals surface area contributed by atoms with Crippen LogP contribution in [0, 0.1) is 11.8 Å². The van der Waals surface area contributed by atoms with Crippen LogP contribution in [0.3, 0.4) is 0 Å². The average molecular weight is 306 g/mol. The zero-order valence-corrected chi connectivity index (χ0v) is 14.3. The summed E-state index contributed by atoms with van der Waals surface area (Å²) in [7, 11) is 0. The van der Waals surface area contributed by atoms with E-state index >= 15 is 0 Å². The molecule has 1 atom stereocenters. The first-order valence-electron chi connectivity index (χ1n) is 8.93. The summed E-state index contributed by atoms with van der Waals surface area (Å²) < 4.78 is 5.38. The first-order chi connectivity index (χ1) is 10.7. The summed E-state index contributed by atoms with van der Waals surface area (Å²) in [6.07, 6.45) is 4.96. The van der Waals surface area contributed by atoms with Crippen molar-refractivity contribution in [2.45, 2.75) is 59.0 Å². The van der Waals surface area contributed by atoms with E-state index in [-0.39, 0.29) is 0 Å². The topological polar surface area (TPSA) is 45.4 Å². The second-order valence-corrected chi connectivity index (χ2v) is 7.30. The van der Waals surface area contributed by atoms with Gasteiger partial charge >= 0.3 is 0 Å². The molecule has 1 aliphatic carbocycles. The SMILES string of the molecule is CCc1noc(CN2CCCN(CC3CC3)C(C(C)C)C2)n1. The molecule has 2 fully saturated rings. The summed E-state index contributed by atoms with van der Waals surface area (Å²) in [6, 6.07) is 0.650. The Morgan fingerprint density at radius 3 is 2.73 bits per heavy atom. The number of aromatic nitrogens is 2. The molecule has 1 saturated heterocycles. The van der Waals surface area contributed by atoms with Crippen LogP contribution in [0.1, 0.15) is 51.7 Å². The molecular weight excluding hydrogens is 276 g/mol. The molecule has 0 bridgehead atoms. The predicted molar refractivity (Wildman–Crippen MR) is 86.5 cm³/mol. The van der Waals surface area contributed by atoms with Gasteiger partial charge in [-0.25, -0.2) is 0 Å². The second kappa shape index (κ2) is 7.09. The average Bonchev–Trinajstić information content (AvgIpc) is 3.23. The van der Waals surface area contributed by atoms with E-state index in [0.717, 1.165) is 43.7 Å². The summed E-state index contributed by atoms with van der Waals surface area (Å²) in [4.78, 5) is 9.72. The van der Waals surface area contributed by atoms with Crippen molar-refractivity contribution in [2.75, 3.05) is 26.2 Å². The molecule has 1 aromatic rings. The van der Waals surface area contributed by atoms with Gasteiger partial charge < -0.3 is 4.52 Å². The Bertz CT molecular complexity index is 469. The van der Waals surface area contributed by atoms with Crippen molar-refractivity contribution in [2.24, 2.45) is 11.8 Å². The fourth-order valence-electron chi connectivity index (χ4n) is 3.46. The first kappa shape index (κ1) is 15.9. The van der Waals surface area contributed by atoms with E-state index in [2.05, 4.69) is 40.7 Å². The van der Waals surface area contributed by atoms with Crippen molar-refractivity contribution in [1.29, 1.82) is 0 Å². The van der Waals surface area contributed by atoms with Crippen LogP contribution in [0.5, 0.6) is 0 Å². The van der Waals surface area contributed by atoms with Crippen molar-refractivity contribution in [3.8, 4) is 0 Å². The number of nitrogens with zero attached hydrogens (tertiary/aromatic N) is 4. The monoisotopic (exact) mass is 306 g/mol. The molecule has 22 heavy (non-hydrogen) atoms. The van der Waals surface area contributed by atoms with E-state index in [1.807, 2.05) is 0 Å². The largest absolute Gasteiger partial charge is 0.338 e. The highest BCUT2D eigenvalue weighted by molar-refractivity contribution is 4.90. The van der Waals surface area contributed by atoms with Crippen LogP contribution in [-0.2, 0) is 13.0 Å². The fraction of sp³-hybridized carbons (Fsp3) is 0.882. The molecular formula is C17H30N4O. The Hall–Kier alpha value is -0.940. The quantitative estimate of drug-likeness (QED) is 0.808. The lowest BCUT2D eigenvalue weighted by atomic mass is 10.0. The van der Waals surface area contributed by atoms with Gasteiger partial charge in [-0.2, -0.15) is 4.98 Å². The third-order valence-corrected chi connectivity index (χ3v) is 4.98. The molecule has 3 rings (SSSR count). The molecule has 2 heterocycles. The lowest BCUT2D eigenvalue weighted by molar-refractivity contribution is 0.127. The molecule has 0 amide bonds. The fourth-order valence-corrected chi connectivity index (χ4v) is 3.46. The van der Waals surface area contributed by atoms with Crippen molar-refractivity contribution < 1.29 is 4.52 Å². The molecule has 0 radical (unpaired) electrons. The minimum Gasteiger partial charge on any atom is -0.338 e. The van der Waals surface area contributed by atoms with Gasteiger partial charge in [0.05, 0.1) is 6.54 Å². The number of hydrogen-bond donors (Lipinski definition) is 0. The van der Waals surface area contributed by atoms with E-state index in [4.69, 9.17) is 4.52 Å². The molecule has 1 aliphatic heterocycles. The Kier molecular flexibility index (Phi) is 5.14. The van der Waals surface area contributed by atoms with Crippen molar-refractivity contribution in [3.05, 3.63) is 11.7 Å². The molecule has 5 nitrogen and oxygen atoms in total. The summed E-state index contributed by atoms with van der Waals surface area (Å²) >= 11 is 0. The van der Waals surface area contributed by atoms with Crippen LogP contribution in [0.25, 0.3) is 0 Å². The highest BCUT2D eigenvalue weighted by Gasteiger charge is 2.32. The highest BCUT2D eigenvalue weighted by atomic mass is 16.5. The third kappa shape index (κ3) is 4.07. The van der Waals surface area contributed by atoms with Crippen LogP contribution < -0.4 is 0 Å². The maximum atomic E-state index is 5.38.